The molecule has 0 bridgehead atoms. The first-order valence-electron chi connectivity index (χ1n) is 9.87. The lowest BCUT2D eigenvalue weighted by Crippen LogP contribution is -2.31. The predicted octanol–water partition coefficient (Wildman–Crippen LogP) is 4.90. The van der Waals surface area contributed by atoms with Crippen molar-refractivity contribution in [1.82, 2.24) is 4.98 Å². The molecule has 0 saturated heterocycles. The van der Waals surface area contributed by atoms with E-state index in [1.807, 2.05) is 36.7 Å². The second-order valence-electron chi connectivity index (χ2n) is 6.18. The molecular weight excluding hydrogens is 296 g/mol. The lowest BCUT2D eigenvalue weighted by molar-refractivity contribution is -0.660. The van der Waals surface area contributed by atoms with Gasteiger partial charge in [-0.2, -0.15) is 0 Å². The van der Waals surface area contributed by atoms with Crippen LogP contribution in [0.1, 0.15) is 36.3 Å². The highest BCUT2D eigenvalue weighted by atomic mass is 16.3. The Bertz CT molecular complexity index is 1210. The maximum Gasteiger partial charge on any atom is 0.212 e. The molecule has 0 aliphatic carbocycles. The molecule has 0 saturated carbocycles. The minimum absolute atomic E-state index is 0.451. The lowest BCUT2D eigenvalue weighted by atomic mass is 9.99. The Morgan fingerprint density at radius 2 is 2.08 bits per heavy atom. The summed E-state index contributed by atoms with van der Waals surface area (Å²) in [7, 11) is 1.86. The first-order valence-corrected chi connectivity index (χ1v) is 7.87. The van der Waals surface area contributed by atoms with Gasteiger partial charge in [0.1, 0.15) is 12.6 Å². The molecule has 0 spiro atoms. The Labute approximate surface area is 147 Å². The molecule has 3 heterocycles. The van der Waals surface area contributed by atoms with Crippen molar-refractivity contribution in [2.75, 3.05) is 0 Å². The van der Waals surface area contributed by atoms with Crippen molar-refractivity contribution < 1.29 is 14.5 Å². The quantitative estimate of drug-likeness (QED) is 0.491. The van der Waals surface area contributed by atoms with Gasteiger partial charge in [-0.3, -0.25) is 4.98 Å². The highest BCUT2D eigenvalue weighted by molar-refractivity contribution is 6.05. The van der Waals surface area contributed by atoms with Gasteiger partial charge in [-0.1, -0.05) is 13.8 Å². The third kappa shape index (κ3) is 2.28. The van der Waals surface area contributed by atoms with Crippen molar-refractivity contribution in [3.63, 3.8) is 0 Å². The summed E-state index contributed by atoms with van der Waals surface area (Å²) in [5.74, 6) is -1.67. The Balaban J connectivity index is 1.86. The Morgan fingerprint density at radius 1 is 1.21 bits per heavy atom. The van der Waals surface area contributed by atoms with Gasteiger partial charge in [-0.25, -0.2) is 4.57 Å². The molecule has 0 aliphatic rings. The van der Waals surface area contributed by atoms with Gasteiger partial charge in [0.15, 0.2) is 11.8 Å². The SMILES string of the molecule is [2H]C([2H])([2H])C([2H])(C)c1ccc(-c2cc3oc4cnccc4c3cc2C)[n+](C)c1. The van der Waals surface area contributed by atoms with E-state index in [-0.39, 0.29) is 0 Å². The van der Waals surface area contributed by atoms with Gasteiger partial charge in [0, 0.05) is 34.1 Å². The van der Waals surface area contributed by atoms with E-state index in [0.29, 0.717) is 5.56 Å². The largest absolute Gasteiger partial charge is 0.454 e. The number of benzene rings is 1. The minimum atomic E-state index is -2.40. The van der Waals surface area contributed by atoms with Gasteiger partial charge >= 0.3 is 0 Å². The van der Waals surface area contributed by atoms with Crippen molar-refractivity contribution in [2.24, 2.45) is 7.05 Å². The van der Waals surface area contributed by atoms with Crippen LogP contribution in [-0.4, -0.2) is 4.98 Å². The van der Waals surface area contributed by atoms with Gasteiger partial charge in [0.05, 0.1) is 11.8 Å². The Kier molecular flexibility index (Phi) is 2.49. The lowest BCUT2D eigenvalue weighted by Gasteiger charge is -2.08. The predicted molar refractivity (Wildman–Crippen MR) is 97.0 cm³/mol. The number of hydrogen-bond acceptors (Lipinski definition) is 2. The van der Waals surface area contributed by atoms with Gasteiger partial charge in [0.25, 0.3) is 0 Å². The van der Waals surface area contributed by atoms with Crippen LogP contribution in [0.3, 0.4) is 0 Å². The average molecular weight is 321 g/mol. The summed E-state index contributed by atoms with van der Waals surface area (Å²) >= 11 is 0. The number of rotatable bonds is 2. The zero-order valence-corrected chi connectivity index (χ0v) is 13.9. The molecule has 120 valence electrons. The zero-order valence-electron chi connectivity index (χ0n) is 17.9. The standard InChI is InChI=1S/C21H21N2O/c1-13(2)15-5-6-19(23(4)12-15)17-10-20-18(9-14(17)3)16-7-8-22-11-21(16)24-20/h5-13H,1-4H3/q+1/i1D3,13D. The van der Waals surface area contributed by atoms with Gasteiger partial charge in [-0.05, 0) is 42.6 Å². The summed E-state index contributed by atoms with van der Waals surface area (Å²) in [4.78, 5) is 4.12. The first-order chi connectivity index (χ1) is 13.1. The van der Waals surface area contributed by atoms with E-state index in [1.54, 1.807) is 24.7 Å². The third-order valence-electron chi connectivity index (χ3n) is 4.46. The molecule has 3 nitrogen and oxygen atoms in total. The maximum absolute atomic E-state index is 8.31. The van der Waals surface area contributed by atoms with Crippen LogP contribution in [0.15, 0.2) is 53.3 Å². The number of hydrogen-bond donors (Lipinski definition) is 0. The van der Waals surface area contributed by atoms with Crippen molar-refractivity contribution in [1.29, 1.82) is 0 Å². The summed E-state index contributed by atoms with van der Waals surface area (Å²) in [5, 5.41) is 2.07. The summed E-state index contributed by atoms with van der Waals surface area (Å²) in [5.41, 5.74) is 4.97. The Morgan fingerprint density at radius 3 is 2.88 bits per heavy atom. The van der Waals surface area contributed by atoms with Crippen LogP contribution in [0, 0.1) is 6.92 Å². The highest BCUT2D eigenvalue weighted by Crippen LogP contribution is 2.33. The van der Waals surface area contributed by atoms with E-state index >= 15 is 0 Å². The molecule has 0 amide bonds. The molecule has 0 N–H and O–H groups in total. The number of pyridine rings is 2. The van der Waals surface area contributed by atoms with E-state index in [0.717, 1.165) is 38.8 Å². The van der Waals surface area contributed by atoms with Gasteiger partial charge in [0.2, 0.25) is 5.69 Å². The number of nitrogens with zero attached hydrogens (tertiary/aromatic N) is 2. The van der Waals surface area contributed by atoms with E-state index in [9.17, 15) is 0 Å². The minimum Gasteiger partial charge on any atom is -0.454 e. The smallest absolute Gasteiger partial charge is 0.212 e. The number of aromatic nitrogens is 2. The second-order valence-corrected chi connectivity index (χ2v) is 6.18. The van der Waals surface area contributed by atoms with Crippen LogP contribution in [0.2, 0.25) is 0 Å². The summed E-state index contributed by atoms with van der Waals surface area (Å²) in [6.45, 7) is 1.06. The van der Waals surface area contributed by atoms with Gasteiger partial charge < -0.3 is 4.42 Å². The zero-order chi connectivity index (χ0) is 20.3. The van der Waals surface area contributed by atoms with Crippen LogP contribution < -0.4 is 4.57 Å². The average Bonchev–Trinajstić information content (AvgIpc) is 2.98. The molecular formula is C21H21N2O+. The molecule has 0 radical (unpaired) electrons. The molecule has 0 fully saturated rings. The Hall–Kier alpha value is -2.68. The van der Waals surface area contributed by atoms with E-state index in [4.69, 9.17) is 9.90 Å². The van der Waals surface area contributed by atoms with Crippen molar-refractivity contribution in [3.8, 4) is 11.3 Å². The topological polar surface area (TPSA) is 29.9 Å². The normalized spacial score (nSPS) is 17.1. The molecule has 3 heteroatoms. The van der Waals surface area contributed by atoms with Crippen LogP contribution in [0.5, 0.6) is 0 Å². The molecule has 1 unspecified atom stereocenters. The fraction of sp³-hybridized carbons (Fsp3) is 0.238. The van der Waals surface area contributed by atoms with Crippen molar-refractivity contribution in [3.05, 3.63) is 60.0 Å². The van der Waals surface area contributed by atoms with Crippen LogP contribution in [0.4, 0.5) is 0 Å². The summed E-state index contributed by atoms with van der Waals surface area (Å²) in [6, 6.07) is 9.64. The molecule has 0 aliphatic heterocycles. The number of fused-ring (bicyclic) bond motifs is 3. The van der Waals surface area contributed by atoms with Crippen LogP contribution in [0.25, 0.3) is 33.2 Å². The van der Waals surface area contributed by atoms with Crippen LogP contribution in [-0.2, 0) is 7.05 Å². The third-order valence-corrected chi connectivity index (χ3v) is 4.46. The first kappa shape index (κ1) is 11.0. The highest BCUT2D eigenvalue weighted by Gasteiger charge is 2.17. The number of furan rings is 1. The van der Waals surface area contributed by atoms with E-state index < -0.39 is 12.7 Å². The second kappa shape index (κ2) is 5.45. The molecule has 3 aromatic heterocycles. The fourth-order valence-electron chi connectivity index (χ4n) is 3.17. The van der Waals surface area contributed by atoms with Crippen molar-refractivity contribution in [2.45, 2.75) is 26.6 Å². The van der Waals surface area contributed by atoms with E-state index in [1.165, 1.54) is 6.92 Å². The summed E-state index contributed by atoms with van der Waals surface area (Å²) < 4.78 is 39.1. The molecule has 1 atom stereocenters. The molecule has 24 heavy (non-hydrogen) atoms. The number of aryl methyl sites for hydroxylation is 2. The molecule has 4 aromatic rings. The van der Waals surface area contributed by atoms with Gasteiger partial charge in [-0.15, -0.1) is 0 Å². The summed E-state index contributed by atoms with van der Waals surface area (Å²) in [6.07, 6.45) is 5.19. The monoisotopic (exact) mass is 321 g/mol. The molecule has 1 aromatic carbocycles. The fourth-order valence-corrected chi connectivity index (χ4v) is 3.17. The van der Waals surface area contributed by atoms with Crippen molar-refractivity contribution >= 4 is 21.9 Å². The molecule has 4 rings (SSSR count). The van der Waals surface area contributed by atoms with Crippen LogP contribution >= 0.6 is 0 Å². The maximum atomic E-state index is 8.31. The van der Waals surface area contributed by atoms with E-state index in [2.05, 4.69) is 11.1 Å².